The van der Waals surface area contributed by atoms with Gasteiger partial charge in [-0.15, -0.1) is 0 Å². The Morgan fingerprint density at radius 1 is 1.19 bits per heavy atom. The lowest BCUT2D eigenvalue weighted by Crippen LogP contribution is -2.24. The molecule has 0 atom stereocenters. The predicted octanol–water partition coefficient (Wildman–Crippen LogP) is 3.56. The third kappa shape index (κ3) is 5.96. The molecule has 0 aliphatic heterocycles. The summed E-state index contributed by atoms with van der Waals surface area (Å²) in [5.41, 5.74) is 2.43. The van der Waals surface area contributed by atoms with E-state index in [4.69, 9.17) is 21.4 Å². The van der Waals surface area contributed by atoms with Crippen LogP contribution in [0.1, 0.15) is 24.8 Å². The van der Waals surface area contributed by atoms with Gasteiger partial charge in [0.05, 0.1) is 12.6 Å². The van der Waals surface area contributed by atoms with Crippen molar-refractivity contribution in [2.45, 2.75) is 25.7 Å². The minimum atomic E-state index is -0.0637. The number of methoxy groups -OCH3 is 1. The fourth-order valence-electron chi connectivity index (χ4n) is 3.18. The van der Waals surface area contributed by atoms with Crippen LogP contribution in [0.15, 0.2) is 36.7 Å². The Bertz CT molecular complexity index is 1060. The molecule has 0 bridgehead atoms. The van der Waals surface area contributed by atoms with Gasteiger partial charge >= 0.3 is 0 Å². The van der Waals surface area contributed by atoms with E-state index in [1.165, 1.54) is 13.4 Å². The fourth-order valence-corrected chi connectivity index (χ4v) is 3.35. The van der Waals surface area contributed by atoms with Gasteiger partial charge < -0.3 is 25.6 Å². The number of carbonyl (C=O) groups excluding carboxylic acids is 1. The number of phenols is 1. The summed E-state index contributed by atoms with van der Waals surface area (Å²) in [7, 11) is 1.48. The summed E-state index contributed by atoms with van der Waals surface area (Å²) >= 11 is 6.21. The standard InChI is InChI=1S/C22H25ClN4O4/c1-31-20-12-18-16(11-19(20)29)22(26-13-25-18)27-17-10-15(23)7-6-14(17)4-2-8-24-21(30)5-3-9-28/h6-7,10-13,28-29H,2-5,8-9H2,1H3,(H,24,30)(H,25,26,27). The van der Waals surface area contributed by atoms with Gasteiger partial charge in [0.1, 0.15) is 12.1 Å². The molecule has 3 rings (SSSR count). The lowest BCUT2D eigenvalue weighted by molar-refractivity contribution is -0.121. The van der Waals surface area contributed by atoms with E-state index < -0.39 is 0 Å². The number of aryl methyl sites for hydroxylation is 1. The van der Waals surface area contributed by atoms with Crippen LogP contribution in [0.3, 0.4) is 0 Å². The summed E-state index contributed by atoms with van der Waals surface area (Å²) in [5, 5.41) is 26.3. The van der Waals surface area contributed by atoms with E-state index >= 15 is 0 Å². The second kappa shape index (κ2) is 10.8. The van der Waals surface area contributed by atoms with Crippen molar-refractivity contribution in [2.24, 2.45) is 0 Å². The number of hydrogen-bond acceptors (Lipinski definition) is 7. The zero-order valence-electron chi connectivity index (χ0n) is 17.2. The minimum Gasteiger partial charge on any atom is -0.504 e. The van der Waals surface area contributed by atoms with Crippen molar-refractivity contribution >= 4 is 39.9 Å². The lowest BCUT2D eigenvalue weighted by Gasteiger charge is -2.14. The number of aliphatic hydroxyl groups is 1. The normalized spacial score (nSPS) is 10.8. The van der Waals surface area contributed by atoms with Gasteiger partial charge in [0.15, 0.2) is 11.5 Å². The topological polar surface area (TPSA) is 117 Å². The molecule has 8 nitrogen and oxygen atoms in total. The summed E-state index contributed by atoms with van der Waals surface area (Å²) in [5.74, 6) is 0.799. The van der Waals surface area contributed by atoms with Crippen LogP contribution in [0.5, 0.6) is 11.5 Å². The molecule has 1 heterocycles. The van der Waals surface area contributed by atoms with Gasteiger partial charge in [-0.1, -0.05) is 17.7 Å². The Hall–Kier alpha value is -3.10. The van der Waals surface area contributed by atoms with Gasteiger partial charge in [-0.25, -0.2) is 9.97 Å². The summed E-state index contributed by atoms with van der Waals surface area (Å²) in [6.07, 6.45) is 3.67. The first kappa shape index (κ1) is 22.6. The molecule has 0 fully saturated rings. The average Bonchev–Trinajstić information content (AvgIpc) is 2.76. The molecule has 1 amide bonds. The molecule has 3 aromatic rings. The van der Waals surface area contributed by atoms with Gasteiger partial charge in [0.2, 0.25) is 5.91 Å². The summed E-state index contributed by atoms with van der Waals surface area (Å²) in [6.45, 7) is 0.548. The number of aliphatic hydroxyl groups excluding tert-OH is 1. The molecule has 164 valence electrons. The Kier molecular flexibility index (Phi) is 7.86. The molecule has 0 saturated heterocycles. The van der Waals surface area contributed by atoms with Gasteiger partial charge in [-0.3, -0.25) is 4.79 Å². The Labute approximate surface area is 185 Å². The quantitative estimate of drug-likeness (QED) is 0.353. The maximum Gasteiger partial charge on any atom is 0.220 e. The number of aromatic nitrogens is 2. The lowest BCUT2D eigenvalue weighted by atomic mass is 10.1. The number of fused-ring (bicyclic) bond motifs is 1. The molecule has 1 aromatic heterocycles. The van der Waals surface area contributed by atoms with E-state index in [9.17, 15) is 9.90 Å². The smallest absolute Gasteiger partial charge is 0.220 e. The first-order valence-corrected chi connectivity index (χ1v) is 10.3. The van der Waals surface area contributed by atoms with Gasteiger partial charge in [0.25, 0.3) is 0 Å². The number of anilines is 2. The molecule has 0 unspecified atom stereocenters. The van der Waals surface area contributed by atoms with E-state index in [2.05, 4.69) is 20.6 Å². The van der Waals surface area contributed by atoms with E-state index in [1.54, 1.807) is 12.1 Å². The van der Waals surface area contributed by atoms with Crippen LogP contribution in [0.4, 0.5) is 11.5 Å². The van der Waals surface area contributed by atoms with Crippen molar-refractivity contribution < 1.29 is 19.7 Å². The highest BCUT2D eigenvalue weighted by atomic mass is 35.5. The van der Waals surface area contributed by atoms with Crippen LogP contribution in [0.25, 0.3) is 10.9 Å². The molecule has 0 saturated carbocycles. The first-order valence-electron chi connectivity index (χ1n) is 9.96. The van der Waals surface area contributed by atoms with E-state index in [0.717, 1.165) is 17.7 Å². The monoisotopic (exact) mass is 444 g/mol. The van der Waals surface area contributed by atoms with E-state index in [-0.39, 0.29) is 18.3 Å². The number of halogens is 1. The molecule has 0 aliphatic carbocycles. The van der Waals surface area contributed by atoms with Crippen LogP contribution in [0.2, 0.25) is 5.02 Å². The van der Waals surface area contributed by atoms with Gasteiger partial charge in [-0.05, 0) is 43.0 Å². The average molecular weight is 445 g/mol. The number of hydrogen-bond donors (Lipinski definition) is 4. The molecular formula is C22H25ClN4O4. The zero-order valence-corrected chi connectivity index (χ0v) is 17.9. The van der Waals surface area contributed by atoms with Crippen LogP contribution in [-0.2, 0) is 11.2 Å². The number of rotatable bonds is 10. The predicted molar refractivity (Wildman–Crippen MR) is 120 cm³/mol. The minimum absolute atomic E-state index is 0.00360. The van der Waals surface area contributed by atoms with Crippen molar-refractivity contribution in [3.63, 3.8) is 0 Å². The highest BCUT2D eigenvalue weighted by molar-refractivity contribution is 6.30. The first-order chi connectivity index (χ1) is 15.0. The highest BCUT2D eigenvalue weighted by Crippen LogP contribution is 2.34. The van der Waals surface area contributed by atoms with Crippen molar-refractivity contribution in [1.29, 1.82) is 0 Å². The molecule has 0 radical (unpaired) electrons. The molecule has 4 N–H and O–H groups in total. The number of aromatic hydroxyl groups is 1. The SMILES string of the molecule is COc1cc2ncnc(Nc3cc(Cl)ccc3CCCNC(=O)CCCO)c2cc1O. The number of amides is 1. The third-order valence-electron chi connectivity index (χ3n) is 4.77. The molecule has 0 aliphatic rings. The molecule has 9 heteroatoms. The Morgan fingerprint density at radius 2 is 2.03 bits per heavy atom. The summed E-state index contributed by atoms with van der Waals surface area (Å²) in [6, 6.07) is 8.77. The van der Waals surface area contributed by atoms with Crippen molar-refractivity contribution in [2.75, 3.05) is 25.6 Å². The number of nitrogens with zero attached hydrogens (tertiary/aromatic N) is 2. The van der Waals surface area contributed by atoms with E-state index in [0.29, 0.717) is 53.3 Å². The Morgan fingerprint density at radius 3 is 2.81 bits per heavy atom. The third-order valence-corrected chi connectivity index (χ3v) is 5.00. The maximum absolute atomic E-state index is 11.7. The molecule has 2 aromatic carbocycles. The molecule has 31 heavy (non-hydrogen) atoms. The fraction of sp³-hybridized carbons (Fsp3) is 0.318. The van der Waals surface area contributed by atoms with E-state index in [1.807, 2.05) is 18.2 Å². The van der Waals surface area contributed by atoms with Gasteiger partial charge in [0, 0.05) is 41.7 Å². The molecule has 0 spiro atoms. The van der Waals surface area contributed by atoms with Crippen molar-refractivity contribution in [1.82, 2.24) is 15.3 Å². The largest absolute Gasteiger partial charge is 0.504 e. The summed E-state index contributed by atoms with van der Waals surface area (Å²) < 4.78 is 5.15. The second-order valence-corrected chi connectivity index (χ2v) is 7.41. The number of phenolic OH excluding ortho intramolecular Hbond substituents is 1. The summed E-state index contributed by atoms with van der Waals surface area (Å²) in [4.78, 5) is 20.2. The maximum atomic E-state index is 11.7. The van der Waals surface area contributed by atoms with Crippen LogP contribution in [0, 0.1) is 0 Å². The number of benzene rings is 2. The number of ether oxygens (including phenoxy) is 1. The van der Waals surface area contributed by atoms with Crippen LogP contribution in [-0.4, -0.2) is 46.3 Å². The van der Waals surface area contributed by atoms with Gasteiger partial charge in [-0.2, -0.15) is 0 Å². The number of carbonyl (C=O) groups is 1. The van der Waals surface area contributed by atoms with Crippen molar-refractivity contribution in [3.8, 4) is 11.5 Å². The zero-order chi connectivity index (χ0) is 22.2. The Balaban J connectivity index is 1.75. The molecular weight excluding hydrogens is 420 g/mol. The van der Waals surface area contributed by atoms with Crippen LogP contribution >= 0.6 is 11.6 Å². The van der Waals surface area contributed by atoms with Crippen LogP contribution < -0.4 is 15.4 Å². The number of nitrogens with one attached hydrogen (secondary N) is 2. The van der Waals surface area contributed by atoms with Crippen molar-refractivity contribution in [3.05, 3.63) is 47.2 Å². The second-order valence-electron chi connectivity index (χ2n) is 6.97. The highest BCUT2D eigenvalue weighted by Gasteiger charge is 2.12.